The number of carbonyl (C=O) groups is 1. The Morgan fingerprint density at radius 2 is 2.04 bits per heavy atom. The van der Waals surface area contributed by atoms with Gasteiger partial charge in [-0.1, -0.05) is 6.92 Å². The molecule has 2 bridgehead atoms. The number of piperidine rings is 1. The first-order valence-corrected chi connectivity index (χ1v) is 8.65. The first kappa shape index (κ1) is 16.5. The van der Waals surface area contributed by atoms with Gasteiger partial charge in [-0.05, 0) is 37.3 Å². The number of amides is 2. The molecule has 26 heavy (non-hydrogen) atoms. The number of hydrogen-bond acceptors (Lipinski definition) is 4. The lowest BCUT2D eigenvalue weighted by Crippen LogP contribution is -2.63. The number of nitrogens with one attached hydrogen (secondary N) is 1. The zero-order valence-corrected chi connectivity index (χ0v) is 14.3. The Morgan fingerprint density at radius 3 is 2.73 bits per heavy atom. The monoisotopic (exact) mass is 351 g/mol. The summed E-state index contributed by atoms with van der Waals surface area (Å²) in [6, 6.07) is 5.36. The Bertz CT molecular complexity index is 897. The number of nitrogens with zero attached hydrogens (tertiary/aromatic N) is 4. The number of pyridine rings is 2. The standard InChI is InChI=1S/C19H18FN5O/c1-11-2-15-5-16(3-11)25(15)19(26)24-18-6-17(13(7-21)9-23-18)12-4-14(20)10-22-8-12/h4,6,8-11,15-16H,2-3,5H2,1H3,(H,23,24,26). The van der Waals surface area contributed by atoms with E-state index in [0.717, 1.165) is 25.5 Å². The van der Waals surface area contributed by atoms with Crippen molar-refractivity contribution in [3.8, 4) is 17.2 Å². The third-order valence-electron chi connectivity index (χ3n) is 5.19. The van der Waals surface area contributed by atoms with Gasteiger partial charge in [0.2, 0.25) is 0 Å². The van der Waals surface area contributed by atoms with Crippen molar-refractivity contribution < 1.29 is 9.18 Å². The molecule has 2 amide bonds. The van der Waals surface area contributed by atoms with E-state index in [-0.39, 0.29) is 6.03 Å². The van der Waals surface area contributed by atoms with Crippen molar-refractivity contribution in [2.24, 2.45) is 5.92 Å². The second kappa shape index (κ2) is 6.37. The van der Waals surface area contributed by atoms with Crippen LogP contribution in [-0.4, -0.2) is 33.0 Å². The predicted molar refractivity (Wildman–Crippen MR) is 93.6 cm³/mol. The lowest BCUT2D eigenvalue weighted by molar-refractivity contribution is -0.00603. The number of anilines is 1. The highest BCUT2D eigenvalue weighted by Gasteiger charge is 2.46. The summed E-state index contributed by atoms with van der Waals surface area (Å²) in [5.41, 5.74) is 1.25. The average molecular weight is 351 g/mol. The van der Waals surface area contributed by atoms with E-state index in [0.29, 0.717) is 40.5 Å². The molecule has 1 N–H and O–H groups in total. The second-order valence-electron chi connectivity index (χ2n) is 7.08. The highest BCUT2D eigenvalue weighted by molar-refractivity contribution is 5.90. The zero-order valence-electron chi connectivity index (χ0n) is 14.3. The SMILES string of the molecule is CC1CC2CC(C1)N2C(=O)Nc1cc(-c2cncc(F)c2)c(C#N)cn1. The number of halogens is 1. The van der Waals surface area contributed by atoms with E-state index < -0.39 is 5.82 Å². The molecule has 6 nitrogen and oxygen atoms in total. The summed E-state index contributed by atoms with van der Waals surface area (Å²) < 4.78 is 13.5. The third-order valence-corrected chi connectivity index (χ3v) is 5.19. The maximum atomic E-state index is 13.5. The number of nitriles is 1. The van der Waals surface area contributed by atoms with Gasteiger partial charge in [0, 0.05) is 35.6 Å². The van der Waals surface area contributed by atoms with Crippen molar-refractivity contribution in [2.75, 3.05) is 5.32 Å². The highest BCUT2D eigenvalue weighted by atomic mass is 19.1. The molecule has 2 atom stereocenters. The lowest BCUT2D eigenvalue weighted by Gasteiger charge is -2.54. The molecule has 0 radical (unpaired) electrons. The first-order valence-electron chi connectivity index (χ1n) is 8.65. The van der Waals surface area contributed by atoms with Gasteiger partial charge in [0.15, 0.2) is 0 Å². The number of carbonyl (C=O) groups excluding carboxylic acids is 1. The molecule has 3 fully saturated rings. The fraction of sp³-hybridized carbons (Fsp3) is 0.368. The number of fused-ring (bicyclic) bond motifs is 2. The van der Waals surface area contributed by atoms with Crippen molar-refractivity contribution in [1.29, 1.82) is 5.26 Å². The minimum Gasteiger partial charge on any atom is -0.318 e. The number of rotatable bonds is 2. The predicted octanol–water partition coefficient (Wildman–Crippen LogP) is 3.56. The fourth-order valence-electron chi connectivity index (χ4n) is 4.06. The minimum atomic E-state index is -0.490. The Labute approximate surface area is 150 Å². The van der Waals surface area contributed by atoms with Gasteiger partial charge < -0.3 is 4.90 Å². The van der Waals surface area contributed by atoms with Gasteiger partial charge in [-0.15, -0.1) is 0 Å². The zero-order chi connectivity index (χ0) is 18.3. The summed E-state index contributed by atoms with van der Waals surface area (Å²) in [4.78, 5) is 22.5. The van der Waals surface area contributed by atoms with Gasteiger partial charge in [0.1, 0.15) is 17.7 Å². The van der Waals surface area contributed by atoms with Gasteiger partial charge in [0.05, 0.1) is 11.8 Å². The lowest BCUT2D eigenvalue weighted by atomic mass is 9.74. The molecule has 0 aromatic carbocycles. The molecular formula is C19H18FN5O. The first-order chi connectivity index (χ1) is 12.5. The van der Waals surface area contributed by atoms with E-state index in [1.54, 1.807) is 6.07 Å². The van der Waals surface area contributed by atoms with E-state index >= 15 is 0 Å². The second-order valence-corrected chi connectivity index (χ2v) is 7.08. The molecule has 2 unspecified atom stereocenters. The van der Waals surface area contributed by atoms with Gasteiger partial charge in [0.25, 0.3) is 0 Å². The van der Waals surface area contributed by atoms with E-state index in [1.165, 1.54) is 18.5 Å². The summed E-state index contributed by atoms with van der Waals surface area (Å²) in [5, 5.41) is 12.1. The van der Waals surface area contributed by atoms with Gasteiger partial charge in [-0.25, -0.2) is 14.2 Å². The molecule has 5 rings (SSSR count). The van der Waals surface area contributed by atoms with Gasteiger partial charge >= 0.3 is 6.03 Å². The number of hydrogen-bond donors (Lipinski definition) is 1. The minimum absolute atomic E-state index is 0.168. The molecule has 7 heteroatoms. The van der Waals surface area contributed by atoms with Crippen molar-refractivity contribution in [3.63, 3.8) is 0 Å². The molecular weight excluding hydrogens is 333 g/mol. The van der Waals surface area contributed by atoms with Gasteiger partial charge in [-0.3, -0.25) is 10.3 Å². The summed E-state index contributed by atoms with van der Waals surface area (Å²) in [6.45, 7) is 2.22. The van der Waals surface area contributed by atoms with Crippen molar-refractivity contribution in [3.05, 3.63) is 42.1 Å². The van der Waals surface area contributed by atoms with Crippen LogP contribution in [0.4, 0.5) is 15.0 Å². The van der Waals surface area contributed by atoms with Crippen molar-refractivity contribution in [2.45, 2.75) is 38.3 Å². The molecule has 2 aromatic heterocycles. The Morgan fingerprint density at radius 1 is 1.27 bits per heavy atom. The normalized spacial score (nSPS) is 23.7. The van der Waals surface area contributed by atoms with Crippen LogP contribution in [0.1, 0.15) is 31.7 Å². The molecule has 1 saturated carbocycles. The Kier molecular flexibility index (Phi) is 4.03. The molecule has 1 aliphatic carbocycles. The highest BCUT2D eigenvalue weighted by Crippen LogP contribution is 2.41. The fourth-order valence-corrected chi connectivity index (χ4v) is 4.06. The van der Waals surface area contributed by atoms with Crippen LogP contribution in [0.2, 0.25) is 0 Å². The maximum absolute atomic E-state index is 13.5. The van der Waals surface area contributed by atoms with E-state index in [1.807, 2.05) is 11.0 Å². The molecule has 2 saturated heterocycles. The van der Waals surface area contributed by atoms with E-state index in [9.17, 15) is 14.4 Å². The summed E-state index contributed by atoms with van der Waals surface area (Å²) in [7, 11) is 0. The summed E-state index contributed by atoms with van der Waals surface area (Å²) in [6.07, 6.45) is 7.10. The largest absolute Gasteiger partial charge is 0.323 e. The quantitative estimate of drug-likeness (QED) is 0.897. The van der Waals surface area contributed by atoms with Crippen molar-refractivity contribution >= 4 is 11.8 Å². The summed E-state index contributed by atoms with van der Waals surface area (Å²) in [5.74, 6) is 0.505. The molecule has 2 aliphatic heterocycles. The van der Waals surface area contributed by atoms with Crippen LogP contribution in [0.15, 0.2) is 30.7 Å². The smallest absolute Gasteiger partial charge is 0.318 e. The van der Waals surface area contributed by atoms with Crippen LogP contribution < -0.4 is 5.32 Å². The molecule has 2 aromatic rings. The number of urea groups is 1. The van der Waals surface area contributed by atoms with Crippen molar-refractivity contribution in [1.82, 2.24) is 14.9 Å². The molecule has 4 heterocycles. The maximum Gasteiger partial charge on any atom is 0.323 e. The topological polar surface area (TPSA) is 81.9 Å². The van der Waals surface area contributed by atoms with Crippen LogP contribution in [0.5, 0.6) is 0 Å². The molecule has 3 aliphatic rings. The Balaban J connectivity index is 1.57. The Hall–Kier alpha value is -3.01. The van der Waals surface area contributed by atoms with E-state index in [4.69, 9.17) is 0 Å². The van der Waals surface area contributed by atoms with E-state index in [2.05, 4.69) is 22.2 Å². The third kappa shape index (κ3) is 2.88. The van der Waals surface area contributed by atoms with Gasteiger partial charge in [-0.2, -0.15) is 5.26 Å². The average Bonchev–Trinajstić information content (AvgIpc) is 2.61. The van der Waals surface area contributed by atoms with Crippen LogP contribution >= 0.6 is 0 Å². The molecule has 132 valence electrons. The van der Waals surface area contributed by atoms with Crippen LogP contribution in [0.25, 0.3) is 11.1 Å². The van der Waals surface area contributed by atoms with Crippen LogP contribution in [-0.2, 0) is 0 Å². The molecule has 0 spiro atoms. The number of aromatic nitrogens is 2. The summed E-state index contributed by atoms with van der Waals surface area (Å²) >= 11 is 0. The van der Waals surface area contributed by atoms with Crippen LogP contribution in [0, 0.1) is 23.1 Å². The van der Waals surface area contributed by atoms with Crippen LogP contribution in [0.3, 0.4) is 0 Å².